The molecule has 0 radical (unpaired) electrons. The molecule has 1 unspecified atom stereocenters. The van der Waals surface area contributed by atoms with E-state index >= 15 is 0 Å². The van der Waals surface area contributed by atoms with Gasteiger partial charge < -0.3 is 10.3 Å². The van der Waals surface area contributed by atoms with Gasteiger partial charge in [0.1, 0.15) is 11.6 Å². The van der Waals surface area contributed by atoms with E-state index in [1.54, 1.807) is 0 Å². The maximum absolute atomic E-state index is 13.4. The van der Waals surface area contributed by atoms with Gasteiger partial charge in [0.2, 0.25) is 0 Å². The van der Waals surface area contributed by atoms with Crippen molar-refractivity contribution < 1.29 is 4.39 Å². The number of unbranched alkanes of at least 4 members (excludes halogenated alkanes) is 2. The molecule has 0 saturated heterocycles. The van der Waals surface area contributed by atoms with Crippen LogP contribution in [0.2, 0.25) is 0 Å². The second-order valence-corrected chi connectivity index (χ2v) is 5.36. The van der Waals surface area contributed by atoms with E-state index < -0.39 is 0 Å². The molecule has 110 valence electrons. The molecule has 1 heterocycles. The van der Waals surface area contributed by atoms with E-state index in [1.807, 2.05) is 6.07 Å². The Balaban J connectivity index is 2.39. The van der Waals surface area contributed by atoms with Gasteiger partial charge in [0, 0.05) is 12.6 Å². The van der Waals surface area contributed by atoms with Crippen LogP contribution in [0.15, 0.2) is 18.2 Å². The predicted octanol–water partition coefficient (Wildman–Crippen LogP) is 4.17. The zero-order chi connectivity index (χ0) is 14.5. The average Bonchev–Trinajstić information content (AvgIpc) is 2.80. The quantitative estimate of drug-likeness (QED) is 0.825. The molecule has 1 aromatic heterocycles. The summed E-state index contributed by atoms with van der Waals surface area (Å²) >= 11 is 0. The molecule has 0 bridgehead atoms. The largest absolute Gasteiger partial charge is 0.327 e. The number of halogens is 1. The number of aromatic nitrogens is 2. The lowest BCUT2D eigenvalue weighted by Gasteiger charge is -2.14. The van der Waals surface area contributed by atoms with Crippen molar-refractivity contribution in [3.8, 4) is 0 Å². The number of hydrogen-bond acceptors (Lipinski definition) is 2. The summed E-state index contributed by atoms with van der Waals surface area (Å²) in [5, 5.41) is 0. The number of benzene rings is 1. The third kappa shape index (κ3) is 3.18. The molecule has 20 heavy (non-hydrogen) atoms. The molecule has 0 saturated carbocycles. The monoisotopic (exact) mass is 277 g/mol. The lowest BCUT2D eigenvalue weighted by atomic mass is 10.1. The predicted molar refractivity (Wildman–Crippen MR) is 81.1 cm³/mol. The fraction of sp³-hybridized carbons (Fsp3) is 0.562. The normalized spacial score (nSPS) is 13.0. The number of hydrogen-bond donors (Lipinski definition) is 1. The van der Waals surface area contributed by atoms with Crippen molar-refractivity contribution in [3.63, 3.8) is 0 Å². The second kappa shape index (κ2) is 6.84. The number of fused-ring (bicyclic) bond motifs is 1. The number of nitrogens with two attached hydrogens (primary N) is 1. The van der Waals surface area contributed by atoms with Crippen molar-refractivity contribution in [2.45, 2.75) is 58.5 Å². The van der Waals surface area contributed by atoms with Gasteiger partial charge in [-0.05, 0) is 25.0 Å². The van der Waals surface area contributed by atoms with Crippen molar-refractivity contribution in [1.82, 2.24) is 9.55 Å². The van der Waals surface area contributed by atoms with Crippen molar-refractivity contribution in [1.29, 1.82) is 0 Å². The SMILES string of the molecule is CCCCC(N)c1nc2cc(F)ccc2n1CCCC. The van der Waals surface area contributed by atoms with Crippen LogP contribution in [0.4, 0.5) is 4.39 Å². The van der Waals surface area contributed by atoms with Gasteiger partial charge in [-0.25, -0.2) is 9.37 Å². The van der Waals surface area contributed by atoms with Crippen molar-refractivity contribution >= 4 is 11.0 Å². The Kier molecular flexibility index (Phi) is 5.12. The highest BCUT2D eigenvalue weighted by Crippen LogP contribution is 2.24. The number of nitrogens with zero attached hydrogens (tertiary/aromatic N) is 2. The zero-order valence-electron chi connectivity index (χ0n) is 12.4. The lowest BCUT2D eigenvalue weighted by molar-refractivity contribution is 0.528. The molecular weight excluding hydrogens is 253 g/mol. The third-order valence-corrected chi connectivity index (χ3v) is 3.68. The Labute approximate surface area is 120 Å². The zero-order valence-corrected chi connectivity index (χ0v) is 12.4. The maximum atomic E-state index is 13.4. The highest BCUT2D eigenvalue weighted by molar-refractivity contribution is 5.76. The fourth-order valence-electron chi connectivity index (χ4n) is 2.51. The Morgan fingerprint density at radius 3 is 2.70 bits per heavy atom. The highest BCUT2D eigenvalue weighted by Gasteiger charge is 2.16. The first-order valence-corrected chi connectivity index (χ1v) is 7.58. The first-order valence-electron chi connectivity index (χ1n) is 7.58. The van der Waals surface area contributed by atoms with Crippen LogP contribution in [-0.4, -0.2) is 9.55 Å². The summed E-state index contributed by atoms with van der Waals surface area (Å²) in [5.74, 6) is 0.652. The summed E-state index contributed by atoms with van der Waals surface area (Å²) in [6.07, 6.45) is 5.33. The van der Waals surface area contributed by atoms with Crippen molar-refractivity contribution in [3.05, 3.63) is 29.8 Å². The molecule has 0 amide bonds. The van der Waals surface area contributed by atoms with Crippen LogP contribution in [0.3, 0.4) is 0 Å². The van der Waals surface area contributed by atoms with Crippen LogP contribution < -0.4 is 5.73 Å². The molecular formula is C16H24FN3. The van der Waals surface area contributed by atoms with Gasteiger partial charge in [-0.1, -0.05) is 33.1 Å². The molecule has 1 atom stereocenters. The van der Waals surface area contributed by atoms with Gasteiger partial charge in [-0.3, -0.25) is 0 Å². The standard InChI is InChI=1S/C16H24FN3/c1-3-5-7-13(18)16-19-14-11-12(17)8-9-15(14)20(16)10-6-4-2/h8-9,11,13H,3-7,10,18H2,1-2H3. The van der Waals surface area contributed by atoms with Crippen LogP contribution >= 0.6 is 0 Å². The smallest absolute Gasteiger partial charge is 0.126 e. The van der Waals surface area contributed by atoms with Gasteiger partial charge in [-0.15, -0.1) is 0 Å². The van der Waals surface area contributed by atoms with Crippen LogP contribution in [0.5, 0.6) is 0 Å². The van der Waals surface area contributed by atoms with Gasteiger partial charge >= 0.3 is 0 Å². The molecule has 0 aliphatic rings. The maximum Gasteiger partial charge on any atom is 0.126 e. The van der Waals surface area contributed by atoms with E-state index in [4.69, 9.17) is 5.73 Å². The van der Waals surface area contributed by atoms with Crippen molar-refractivity contribution in [2.24, 2.45) is 5.73 Å². The van der Waals surface area contributed by atoms with E-state index in [9.17, 15) is 4.39 Å². The van der Waals surface area contributed by atoms with Gasteiger partial charge in [-0.2, -0.15) is 0 Å². The summed E-state index contributed by atoms with van der Waals surface area (Å²) in [4.78, 5) is 4.58. The molecule has 1 aromatic carbocycles. The number of imidazole rings is 1. The van der Waals surface area contributed by atoms with Crippen LogP contribution in [0.25, 0.3) is 11.0 Å². The summed E-state index contributed by atoms with van der Waals surface area (Å²) in [6, 6.07) is 4.73. The molecule has 0 aliphatic carbocycles. The summed E-state index contributed by atoms with van der Waals surface area (Å²) in [7, 11) is 0. The van der Waals surface area contributed by atoms with Gasteiger partial charge in [0.15, 0.2) is 0 Å². The van der Waals surface area contributed by atoms with E-state index in [0.717, 1.165) is 50.0 Å². The lowest BCUT2D eigenvalue weighted by Crippen LogP contribution is -2.17. The van der Waals surface area contributed by atoms with Crippen LogP contribution in [0.1, 0.15) is 57.8 Å². The molecule has 2 aromatic rings. The Morgan fingerprint density at radius 1 is 1.25 bits per heavy atom. The Hall–Kier alpha value is -1.42. The van der Waals surface area contributed by atoms with E-state index in [2.05, 4.69) is 23.4 Å². The summed E-state index contributed by atoms with van der Waals surface area (Å²) in [5.41, 5.74) is 7.98. The van der Waals surface area contributed by atoms with Crippen molar-refractivity contribution in [2.75, 3.05) is 0 Å². The second-order valence-electron chi connectivity index (χ2n) is 5.36. The topological polar surface area (TPSA) is 43.8 Å². The van der Waals surface area contributed by atoms with E-state index in [-0.39, 0.29) is 11.9 Å². The minimum Gasteiger partial charge on any atom is -0.327 e. The molecule has 3 nitrogen and oxygen atoms in total. The minimum atomic E-state index is -0.244. The minimum absolute atomic E-state index is 0.0673. The molecule has 0 aliphatic heterocycles. The Bertz CT molecular complexity index is 562. The molecule has 0 fully saturated rings. The highest BCUT2D eigenvalue weighted by atomic mass is 19.1. The summed E-state index contributed by atoms with van der Waals surface area (Å²) < 4.78 is 15.5. The van der Waals surface area contributed by atoms with Gasteiger partial charge in [0.25, 0.3) is 0 Å². The Morgan fingerprint density at radius 2 is 2.00 bits per heavy atom. The molecule has 0 spiro atoms. The van der Waals surface area contributed by atoms with E-state index in [1.165, 1.54) is 12.1 Å². The summed E-state index contributed by atoms with van der Waals surface area (Å²) in [6.45, 7) is 5.21. The number of rotatable bonds is 7. The molecule has 4 heteroatoms. The average molecular weight is 277 g/mol. The van der Waals surface area contributed by atoms with Crippen LogP contribution in [0, 0.1) is 5.82 Å². The first-order chi connectivity index (χ1) is 9.67. The molecule has 2 rings (SSSR count). The first kappa shape index (κ1) is 15.0. The van der Waals surface area contributed by atoms with E-state index in [0.29, 0.717) is 5.52 Å². The number of aryl methyl sites for hydroxylation is 1. The molecule has 2 N–H and O–H groups in total. The van der Waals surface area contributed by atoms with Crippen LogP contribution in [-0.2, 0) is 6.54 Å². The fourth-order valence-corrected chi connectivity index (χ4v) is 2.51. The van der Waals surface area contributed by atoms with Gasteiger partial charge in [0.05, 0.1) is 17.1 Å². The third-order valence-electron chi connectivity index (χ3n) is 3.68.